The number of hydrogen-bond donors (Lipinski definition) is 3. The molecule has 8 heteroatoms. The molecule has 0 saturated heterocycles. The summed E-state index contributed by atoms with van der Waals surface area (Å²) >= 11 is 0. The maximum Gasteiger partial charge on any atom is 0.255 e. The molecule has 0 atom stereocenters. The molecule has 30 heavy (non-hydrogen) atoms. The lowest BCUT2D eigenvalue weighted by Crippen LogP contribution is -2.12. The van der Waals surface area contributed by atoms with Gasteiger partial charge < -0.3 is 10.6 Å². The highest BCUT2D eigenvalue weighted by molar-refractivity contribution is 6.05. The van der Waals surface area contributed by atoms with Gasteiger partial charge in [0.1, 0.15) is 5.82 Å². The summed E-state index contributed by atoms with van der Waals surface area (Å²) < 4.78 is 0. The largest absolute Gasteiger partial charge is 0.340 e. The first-order chi connectivity index (χ1) is 14.6. The Morgan fingerprint density at radius 3 is 2.63 bits per heavy atom. The SMILES string of the molecule is CC(C)c1cccc(NC(=O)c2cccc(Nc3ncccc3-c3nn[nH]n3)c2)c1. The van der Waals surface area contributed by atoms with E-state index in [1.807, 2.05) is 36.4 Å². The zero-order valence-corrected chi connectivity index (χ0v) is 16.6. The fourth-order valence-electron chi connectivity index (χ4n) is 3.01. The van der Waals surface area contributed by atoms with E-state index in [2.05, 4.69) is 56.2 Å². The molecule has 0 radical (unpaired) electrons. The first-order valence-corrected chi connectivity index (χ1v) is 9.57. The molecule has 4 aromatic rings. The van der Waals surface area contributed by atoms with E-state index < -0.39 is 0 Å². The first kappa shape index (κ1) is 19.3. The second-order valence-electron chi connectivity index (χ2n) is 7.08. The Hall–Kier alpha value is -4.07. The molecular weight excluding hydrogens is 378 g/mol. The van der Waals surface area contributed by atoms with Crippen molar-refractivity contribution < 1.29 is 4.79 Å². The second kappa shape index (κ2) is 8.52. The Morgan fingerprint density at radius 2 is 1.83 bits per heavy atom. The maximum atomic E-state index is 12.8. The van der Waals surface area contributed by atoms with Crippen LogP contribution in [-0.2, 0) is 0 Å². The number of aromatic amines is 1. The van der Waals surface area contributed by atoms with Gasteiger partial charge in [-0.1, -0.05) is 32.0 Å². The van der Waals surface area contributed by atoms with Crippen LogP contribution in [0, 0.1) is 0 Å². The number of carbonyl (C=O) groups excluding carboxylic acids is 1. The van der Waals surface area contributed by atoms with Crippen molar-refractivity contribution in [2.45, 2.75) is 19.8 Å². The lowest BCUT2D eigenvalue weighted by molar-refractivity contribution is 0.102. The number of nitrogens with one attached hydrogen (secondary N) is 3. The molecule has 0 bridgehead atoms. The summed E-state index contributed by atoms with van der Waals surface area (Å²) in [5.41, 5.74) is 3.90. The molecule has 0 aliphatic rings. The van der Waals surface area contributed by atoms with Gasteiger partial charge in [-0.3, -0.25) is 4.79 Å². The molecule has 0 aliphatic heterocycles. The highest BCUT2D eigenvalue weighted by atomic mass is 16.1. The first-order valence-electron chi connectivity index (χ1n) is 9.57. The van der Waals surface area contributed by atoms with E-state index in [-0.39, 0.29) is 5.91 Å². The molecule has 3 N–H and O–H groups in total. The van der Waals surface area contributed by atoms with E-state index in [0.717, 1.165) is 11.4 Å². The fourth-order valence-corrected chi connectivity index (χ4v) is 3.01. The third kappa shape index (κ3) is 4.33. The van der Waals surface area contributed by atoms with Crippen molar-refractivity contribution in [1.29, 1.82) is 0 Å². The number of tetrazole rings is 1. The number of rotatable bonds is 6. The summed E-state index contributed by atoms with van der Waals surface area (Å²) in [7, 11) is 0. The van der Waals surface area contributed by atoms with Gasteiger partial charge >= 0.3 is 0 Å². The van der Waals surface area contributed by atoms with Crippen LogP contribution in [-0.4, -0.2) is 31.5 Å². The molecule has 0 aliphatic carbocycles. The molecule has 0 spiro atoms. The van der Waals surface area contributed by atoms with Crippen LogP contribution in [0.15, 0.2) is 66.9 Å². The van der Waals surface area contributed by atoms with Gasteiger partial charge in [0.2, 0.25) is 5.82 Å². The summed E-state index contributed by atoms with van der Waals surface area (Å²) in [6.45, 7) is 4.24. The lowest BCUT2D eigenvalue weighted by atomic mass is 10.0. The summed E-state index contributed by atoms with van der Waals surface area (Å²) in [4.78, 5) is 17.1. The molecule has 0 unspecified atom stereocenters. The minimum absolute atomic E-state index is 0.182. The number of hydrogen-bond acceptors (Lipinski definition) is 6. The van der Waals surface area contributed by atoms with Crippen LogP contribution in [0.3, 0.4) is 0 Å². The van der Waals surface area contributed by atoms with Gasteiger partial charge in [0.15, 0.2) is 0 Å². The van der Waals surface area contributed by atoms with Crippen LogP contribution in [0.25, 0.3) is 11.4 Å². The molecule has 2 aromatic carbocycles. The molecule has 2 heterocycles. The second-order valence-corrected chi connectivity index (χ2v) is 7.08. The summed E-state index contributed by atoms with van der Waals surface area (Å²) in [6.07, 6.45) is 1.67. The average molecular weight is 399 g/mol. The number of carbonyl (C=O) groups is 1. The van der Waals surface area contributed by atoms with Gasteiger partial charge in [0.25, 0.3) is 5.91 Å². The summed E-state index contributed by atoms with van der Waals surface area (Å²) in [6, 6.07) is 18.8. The van der Waals surface area contributed by atoms with Gasteiger partial charge in [-0.15, -0.1) is 10.2 Å². The van der Waals surface area contributed by atoms with E-state index in [4.69, 9.17) is 0 Å². The standard InChI is InChI=1S/C22H21N7O/c1-14(2)15-6-3-9-18(12-15)25-22(30)16-7-4-8-17(13-16)24-20-19(10-5-11-23-20)21-26-28-29-27-21/h3-14H,1-2H3,(H,23,24)(H,25,30)(H,26,27,28,29). The monoisotopic (exact) mass is 399 g/mol. The zero-order chi connectivity index (χ0) is 20.9. The predicted molar refractivity (Wildman–Crippen MR) is 116 cm³/mol. The molecule has 0 fully saturated rings. The van der Waals surface area contributed by atoms with Crippen molar-refractivity contribution in [2.24, 2.45) is 0 Å². The van der Waals surface area contributed by atoms with E-state index >= 15 is 0 Å². The van der Waals surface area contributed by atoms with E-state index in [9.17, 15) is 4.79 Å². The van der Waals surface area contributed by atoms with Crippen molar-refractivity contribution in [3.63, 3.8) is 0 Å². The quantitative estimate of drug-likeness (QED) is 0.444. The molecule has 8 nitrogen and oxygen atoms in total. The van der Waals surface area contributed by atoms with Gasteiger partial charge in [-0.25, -0.2) is 4.98 Å². The summed E-state index contributed by atoms with van der Waals surface area (Å²) in [5, 5.41) is 20.2. The van der Waals surface area contributed by atoms with Crippen LogP contribution in [0.5, 0.6) is 0 Å². The third-order valence-electron chi connectivity index (χ3n) is 4.59. The molecule has 0 saturated carbocycles. The van der Waals surface area contributed by atoms with Gasteiger partial charge in [-0.05, 0) is 59.2 Å². The Kier molecular flexibility index (Phi) is 5.47. The number of benzene rings is 2. The van der Waals surface area contributed by atoms with Gasteiger partial charge in [0, 0.05) is 23.1 Å². The van der Waals surface area contributed by atoms with Gasteiger partial charge in [-0.2, -0.15) is 5.21 Å². The fraction of sp³-hybridized carbons (Fsp3) is 0.136. The van der Waals surface area contributed by atoms with Crippen molar-refractivity contribution in [1.82, 2.24) is 25.6 Å². The number of nitrogens with zero attached hydrogens (tertiary/aromatic N) is 4. The van der Waals surface area contributed by atoms with Crippen molar-refractivity contribution in [3.05, 3.63) is 78.0 Å². The molecule has 4 rings (SSSR count). The summed E-state index contributed by atoms with van der Waals surface area (Å²) in [5.74, 6) is 1.21. The number of aromatic nitrogens is 5. The van der Waals surface area contributed by atoms with Crippen LogP contribution in [0.2, 0.25) is 0 Å². The predicted octanol–water partition coefficient (Wildman–Crippen LogP) is 4.38. The minimum atomic E-state index is -0.182. The van der Waals surface area contributed by atoms with Crippen LogP contribution < -0.4 is 10.6 Å². The highest BCUT2D eigenvalue weighted by Gasteiger charge is 2.12. The third-order valence-corrected chi connectivity index (χ3v) is 4.59. The number of anilines is 3. The van der Waals surface area contributed by atoms with Crippen LogP contribution in [0.4, 0.5) is 17.2 Å². The Balaban J connectivity index is 1.54. The van der Waals surface area contributed by atoms with Crippen molar-refractivity contribution in [3.8, 4) is 11.4 Å². The average Bonchev–Trinajstić information content (AvgIpc) is 3.29. The minimum Gasteiger partial charge on any atom is -0.340 e. The molecule has 1 amide bonds. The Bertz CT molecular complexity index is 1160. The van der Waals surface area contributed by atoms with Crippen molar-refractivity contribution in [2.75, 3.05) is 10.6 Å². The van der Waals surface area contributed by atoms with Gasteiger partial charge in [0.05, 0.1) is 5.56 Å². The lowest BCUT2D eigenvalue weighted by Gasteiger charge is -2.11. The highest BCUT2D eigenvalue weighted by Crippen LogP contribution is 2.26. The van der Waals surface area contributed by atoms with E-state index in [1.54, 1.807) is 24.4 Å². The topological polar surface area (TPSA) is 108 Å². The smallest absolute Gasteiger partial charge is 0.255 e. The molecule has 150 valence electrons. The number of pyridine rings is 1. The van der Waals surface area contributed by atoms with Crippen molar-refractivity contribution >= 4 is 23.1 Å². The van der Waals surface area contributed by atoms with E-state index in [0.29, 0.717) is 28.7 Å². The zero-order valence-electron chi connectivity index (χ0n) is 16.6. The van der Waals surface area contributed by atoms with E-state index in [1.165, 1.54) is 5.56 Å². The number of amides is 1. The number of H-pyrrole nitrogens is 1. The normalized spacial score (nSPS) is 10.8. The maximum absolute atomic E-state index is 12.8. The van der Waals surface area contributed by atoms with Crippen LogP contribution in [0.1, 0.15) is 35.7 Å². The Morgan fingerprint density at radius 1 is 1.00 bits per heavy atom. The van der Waals surface area contributed by atoms with Crippen LogP contribution >= 0.6 is 0 Å². The Labute approximate surface area is 173 Å². The molecule has 2 aromatic heterocycles. The molecular formula is C22H21N7O.